The molecule has 0 atom stereocenters. The average molecular weight is 883 g/mol. The average Bonchev–Trinajstić information content (AvgIpc) is 3.31. The first-order valence-corrected chi connectivity index (χ1v) is 20.8. The molecule has 0 fully saturated rings. The van der Waals surface area contributed by atoms with Crippen LogP contribution in [0.25, 0.3) is 0 Å². The molecule has 0 unspecified atom stereocenters. The van der Waals surface area contributed by atoms with Gasteiger partial charge in [0.25, 0.3) is 0 Å². The van der Waals surface area contributed by atoms with Gasteiger partial charge in [-0.2, -0.15) is 0 Å². The summed E-state index contributed by atoms with van der Waals surface area (Å²) in [6.07, 6.45) is 1.82. The van der Waals surface area contributed by atoms with Crippen molar-refractivity contribution in [2.24, 2.45) is 0 Å². The second-order valence-corrected chi connectivity index (χ2v) is 14.8. The van der Waals surface area contributed by atoms with Gasteiger partial charge in [-0.25, -0.2) is 0 Å². The Kier molecular flexibility index (Phi) is 13.9. The van der Waals surface area contributed by atoms with Crippen LogP contribution >= 0.6 is 17.2 Å². The Hall–Kier alpha value is -7.08. The molecule has 62 heavy (non-hydrogen) atoms. The summed E-state index contributed by atoms with van der Waals surface area (Å²) in [5.41, 5.74) is 2.35. The van der Waals surface area contributed by atoms with Crippen LogP contribution in [0.5, 0.6) is 80.5 Å². The molecular formula is C45H40O15P2. The summed E-state index contributed by atoms with van der Waals surface area (Å²) in [4.78, 5) is 23.1. The van der Waals surface area contributed by atoms with Gasteiger partial charge in [-0.15, -0.1) is 0 Å². The van der Waals surface area contributed by atoms with Crippen molar-refractivity contribution < 1.29 is 69.9 Å². The van der Waals surface area contributed by atoms with Gasteiger partial charge < -0.3 is 60.3 Å². The van der Waals surface area contributed by atoms with Gasteiger partial charge in [0, 0.05) is 40.8 Å². The van der Waals surface area contributed by atoms with Crippen LogP contribution in [-0.4, -0.2) is 55.2 Å². The van der Waals surface area contributed by atoms with E-state index in [2.05, 4.69) is 0 Å². The number of methoxy groups -OCH3 is 6. The zero-order valence-electron chi connectivity index (χ0n) is 34.3. The van der Waals surface area contributed by atoms with Crippen LogP contribution in [0.15, 0.2) is 109 Å². The van der Waals surface area contributed by atoms with E-state index in [9.17, 15) is 9.59 Å². The Morgan fingerprint density at radius 2 is 0.758 bits per heavy atom. The lowest BCUT2D eigenvalue weighted by Gasteiger charge is -2.26. The van der Waals surface area contributed by atoms with Gasteiger partial charge in [0.1, 0.15) is 24.1 Å². The molecule has 0 aromatic heterocycles. The summed E-state index contributed by atoms with van der Waals surface area (Å²) < 4.78 is 78.3. The second-order valence-electron chi connectivity index (χ2n) is 12.9. The zero-order chi connectivity index (χ0) is 43.6. The summed E-state index contributed by atoms with van der Waals surface area (Å²) in [5, 5.41) is 0. The number of hydrogen-bond acceptors (Lipinski definition) is 15. The largest absolute Gasteiger partial charge is 0.530 e. The molecule has 15 nitrogen and oxygen atoms in total. The van der Waals surface area contributed by atoms with Crippen LogP contribution in [0.2, 0.25) is 0 Å². The molecular weight excluding hydrogens is 842 g/mol. The first-order chi connectivity index (χ1) is 30.3. The number of benzene rings is 6. The molecule has 0 spiro atoms. The van der Waals surface area contributed by atoms with E-state index < -0.39 is 17.2 Å². The van der Waals surface area contributed by atoms with Gasteiger partial charge in [0.15, 0.2) is 69.0 Å². The minimum atomic E-state index is -2.37. The quantitative estimate of drug-likeness (QED) is 0.0526. The van der Waals surface area contributed by atoms with Crippen LogP contribution in [0, 0.1) is 0 Å². The maximum absolute atomic E-state index is 11.5. The molecule has 0 radical (unpaired) electrons. The zero-order valence-corrected chi connectivity index (χ0v) is 36.1. The third-order valence-corrected chi connectivity index (χ3v) is 11.2. The minimum Gasteiger partial charge on any atom is -0.497 e. The standard InChI is InChI=1S/C45H40O15P2/c1-48-32-15-19-36(42(24-32)52-5)57-62(58-37-20-16-33(49-2)25-43(37)53-6)60-39-12-8-10-31-23-30-9-7-11-38(44(30)54-45(31)39)59-61(55-34-17-13-28(26-46)21-40(34)50-3)56-35-18-14-29(27-47)22-41(35)51-4/h7-22,24-27H,23H2,1-6H3. The molecule has 6 aromatic rings. The summed E-state index contributed by atoms with van der Waals surface area (Å²) in [6.45, 7) is 0. The predicted molar refractivity (Wildman–Crippen MR) is 229 cm³/mol. The number of fused-ring (bicyclic) bond motifs is 2. The molecule has 1 aliphatic heterocycles. The van der Waals surface area contributed by atoms with Crippen molar-refractivity contribution >= 4 is 29.8 Å². The van der Waals surface area contributed by atoms with Crippen molar-refractivity contribution in [3.05, 3.63) is 131 Å². The lowest BCUT2D eigenvalue weighted by molar-refractivity contribution is 0.111. The van der Waals surface area contributed by atoms with Crippen LogP contribution in [-0.2, 0) is 6.42 Å². The van der Waals surface area contributed by atoms with Crippen molar-refractivity contribution in [3.8, 4) is 80.5 Å². The van der Waals surface area contributed by atoms with Gasteiger partial charge in [0.2, 0.25) is 0 Å². The van der Waals surface area contributed by atoms with Gasteiger partial charge in [-0.1, -0.05) is 24.3 Å². The highest BCUT2D eigenvalue weighted by atomic mass is 31.2. The second kappa shape index (κ2) is 20.0. The van der Waals surface area contributed by atoms with E-state index in [1.165, 1.54) is 40.6 Å². The van der Waals surface area contributed by atoms with Crippen LogP contribution in [0.3, 0.4) is 0 Å². The number of rotatable bonds is 20. The van der Waals surface area contributed by atoms with Crippen molar-refractivity contribution in [2.45, 2.75) is 6.42 Å². The number of para-hydroxylation sites is 2. The third-order valence-electron chi connectivity index (χ3n) is 9.13. The molecule has 17 heteroatoms. The minimum absolute atomic E-state index is 0.231. The van der Waals surface area contributed by atoms with E-state index >= 15 is 0 Å². The van der Waals surface area contributed by atoms with Crippen LogP contribution < -0.4 is 60.3 Å². The SMILES string of the molecule is COc1ccc(OP(Oc2ccc(OC)cc2OC)Oc2cccc3c2Oc2c(cccc2OP(Oc2ccc(C=O)cc2OC)Oc2ccc(C=O)cc2OC)C3)c(OC)c1. The first kappa shape index (κ1) is 43.0. The Bertz CT molecular complexity index is 2430. The first-order valence-electron chi connectivity index (χ1n) is 18.6. The molecule has 7 rings (SSSR count). The molecule has 6 aromatic carbocycles. The van der Waals surface area contributed by atoms with Crippen LogP contribution in [0.4, 0.5) is 0 Å². The monoisotopic (exact) mass is 882 g/mol. The molecule has 0 amide bonds. The molecule has 0 saturated heterocycles. The molecule has 1 aliphatic rings. The fourth-order valence-electron chi connectivity index (χ4n) is 6.04. The predicted octanol–water partition coefficient (Wildman–Crippen LogP) is 10.6. The Morgan fingerprint density at radius 1 is 0.403 bits per heavy atom. The van der Waals surface area contributed by atoms with E-state index in [0.717, 1.165) is 11.1 Å². The number of ether oxygens (including phenoxy) is 7. The smallest absolute Gasteiger partial charge is 0.497 e. The molecule has 1 heterocycles. The third kappa shape index (κ3) is 9.76. The van der Waals surface area contributed by atoms with E-state index in [0.29, 0.717) is 81.9 Å². The van der Waals surface area contributed by atoms with Crippen molar-refractivity contribution in [1.29, 1.82) is 0 Å². The van der Waals surface area contributed by atoms with Crippen molar-refractivity contribution in [1.82, 2.24) is 0 Å². The van der Waals surface area contributed by atoms with Crippen LogP contribution in [0.1, 0.15) is 31.8 Å². The van der Waals surface area contributed by atoms with E-state index in [-0.39, 0.29) is 28.7 Å². The molecule has 320 valence electrons. The Balaban J connectivity index is 1.23. The molecule has 0 saturated carbocycles. The Labute approximate surface area is 359 Å². The fraction of sp³-hybridized carbons (Fsp3) is 0.156. The normalized spacial score (nSPS) is 11.2. The van der Waals surface area contributed by atoms with Crippen molar-refractivity contribution in [2.75, 3.05) is 42.7 Å². The number of aldehydes is 2. The van der Waals surface area contributed by atoms with Gasteiger partial charge in [-0.05, 0) is 72.8 Å². The van der Waals surface area contributed by atoms with E-state index in [1.54, 1.807) is 87.0 Å². The number of carbonyl (C=O) groups excluding carboxylic acids is 2. The molecule has 0 bridgehead atoms. The van der Waals surface area contributed by atoms with Gasteiger partial charge in [-0.3, -0.25) is 9.59 Å². The summed E-state index contributed by atoms with van der Waals surface area (Å²) >= 11 is 0. The summed E-state index contributed by atoms with van der Waals surface area (Å²) in [7, 11) is 4.36. The highest BCUT2D eigenvalue weighted by molar-refractivity contribution is 7.43. The number of carbonyl (C=O) groups is 2. The fourth-order valence-corrected chi connectivity index (χ4v) is 8.12. The number of hydrogen-bond donors (Lipinski definition) is 0. The maximum Gasteiger partial charge on any atom is 0.530 e. The van der Waals surface area contributed by atoms with E-state index in [4.69, 9.17) is 60.3 Å². The lowest BCUT2D eigenvalue weighted by atomic mass is 10.00. The molecule has 0 N–H and O–H groups in total. The van der Waals surface area contributed by atoms with Crippen molar-refractivity contribution in [3.63, 3.8) is 0 Å². The summed E-state index contributed by atoms with van der Waals surface area (Å²) in [5.74, 6) is 4.81. The molecule has 0 aliphatic carbocycles. The van der Waals surface area contributed by atoms with Gasteiger partial charge >= 0.3 is 17.2 Å². The lowest BCUT2D eigenvalue weighted by Crippen LogP contribution is -2.09. The summed E-state index contributed by atoms with van der Waals surface area (Å²) in [6, 6.07) is 30.4. The maximum atomic E-state index is 11.5. The highest BCUT2D eigenvalue weighted by Gasteiger charge is 2.32. The van der Waals surface area contributed by atoms with Gasteiger partial charge in [0.05, 0.1) is 42.7 Å². The topological polar surface area (TPSA) is 154 Å². The Morgan fingerprint density at radius 3 is 1.11 bits per heavy atom. The van der Waals surface area contributed by atoms with E-state index in [1.807, 2.05) is 24.3 Å². The highest BCUT2D eigenvalue weighted by Crippen LogP contribution is 2.55.